The molecule has 0 aliphatic heterocycles. The average Bonchev–Trinajstić information content (AvgIpc) is 2.49. The first-order chi connectivity index (χ1) is 9.80. The minimum atomic E-state index is 0. The predicted molar refractivity (Wildman–Crippen MR) is 97.3 cm³/mol. The molecule has 0 amide bonds. The molecule has 0 radical (unpaired) electrons. The van der Waals surface area contributed by atoms with E-state index in [-0.39, 0.29) is 24.0 Å². The maximum Gasteiger partial charge on any atom is 0.191 e. The molecule has 1 aromatic rings. The lowest BCUT2D eigenvalue weighted by Gasteiger charge is -2.11. The van der Waals surface area contributed by atoms with E-state index in [2.05, 4.69) is 39.9 Å². The Bertz CT molecular complexity index is 396. The van der Waals surface area contributed by atoms with Gasteiger partial charge in [-0.25, -0.2) is 0 Å². The minimum absolute atomic E-state index is 0. The number of methoxy groups -OCH3 is 1. The van der Waals surface area contributed by atoms with E-state index in [9.17, 15) is 0 Å². The van der Waals surface area contributed by atoms with E-state index >= 15 is 0 Å². The summed E-state index contributed by atoms with van der Waals surface area (Å²) < 4.78 is 10.4. The van der Waals surface area contributed by atoms with Crippen LogP contribution in [0.4, 0.5) is 0 Å². The van der Waals surface area contributed by atoms with E-state index in [0.29, 0.717) is 13.2 Å². The van der Waals surface area contributed by atoms with Crippen molar-refractivity contribution in [2.75, 3.05) is 33.9 Å². The number of nitrogens with one attached hydrogen (secondary N) is 2. The van der Waals surface area contributed by atoms with Gasteiger partial charge in [0.25, 0.3) is 0 Å². The summed E-state index contributed by atoms with van der Waals surface area (Å²) in [6, 6.07) is 8.38. The second kappa shape index (κ2) is 12.8. The fraction of sp³-hybridized carbons (Fsp3) is 0.533. The number of halogens is 1. The molecule has 0 spiro atoms. The van der Waals surface area contributed by atoms with Crippen molar-refractivity contribution in [1.82, 2.24) is 10.6 Å². The highest BCUT2D eigenvalue weighted by atomic mass is 127. The third-order valence-electron chi connectivity index (χ3n) is 2.78. The van der Waals surface area contributed by atoms with Gasteiger partial charge in [0.15, 0.2) is 5.96 Å². The van der Waals surface area contributed by atoms with Gasteiger partial charge in [0, 0.05) is 33.9 Å². The molecule has 120 valence electrons. The molecule has 0 saturated carbocycles. The fourth-order valence-electron chi connectivity index (χ4n) is 1.65. The molecule has 1 aromatic carbocycles. The lowest BCUT2D eigenvalue weighted by atomic mass is 10.1. The first kappa shape index (κ1) is 20.1. The maximum atomic E-state index is 5.37. The van der Waals surface area contributed by atoms with Crippen molar-refractivity contribution in [3.05, 3.63) is 35.4 Å². The highest BCUT2D eigenvalue weighted by Crippen LogP contribution is 2.05. The van der Waals surface area contributed by atoms with Crippen molar-refractivity contribution < 1.29 is 9.47 Å². The quantitative estimate of drug-likeness (QED) is 0.300. The predicted octanol–water partition coefficient (Wildman–Crippen LogP) is 2.15. The lowest BCUT2D eigenvalue weighted by molar-refractivity contribution is 0.134. The summed E-state index contributed by atoms with van der Waals surface area (Å²) in [5.41, 5.74) is 2.40. The summed E-state index contributed by atoms with van der Waals surface area (Å²) in [6.45, 7) is 5.55. The van der Waals surface area contributed by atoms with Crippen molar-refractivity contribution in [3.63, 3.8) is 0 Å². The molecule has 0 fully saturated rings. The van der Waals surface area contributed by atoms with Crippen molar-refractivity contribution in [2.24, 2.45) is 4.99 Å². The van der Waals surface area contributed by atoms with Gasteiger partial charge < -0.3 is 20.1 Å². The SMILES string of the molecule is CCOCc1ccc(CNC(=NC)NCCOC)cc1.I. The van der Waals surface area contributed by atoms with Crippen molar-refractivity contribution >= 4 is 29.9 Å². The fourth-order valence-corrected chi connectivity index (χ4v) is 1.65. The second-order valence-corrected chi connectivity index (χ2v) is 4.30. The zero-order valence-corrected chi connectivity index (χ0v) is 15.3. The van der Waals surface area contributed by atoms with Gasteiger partial charge in [0.2, 0.25) is 0 Å². The molecular weight excluding hydrogens is 381 g/mol. The van der Waals surface area contributed by atoms with Crippen LogP contribution in [-0.2, 0) is 22.6 Å². The van der Waals surface area contributed by atoms with Gasteiger partial charge >= 0.3 is 0 Å². The van der Waals surface area contributed by atoms with E-state index in [1.807, 2.05) is 6.92 Å². The largest absolute Gasteiger partial charge is 0.383 e. The Labute approximate surface area is 144 Å². The van der Waals surface area contributed by atoms with Gasteiger partial charge in [-0.3, -0.25) is 4.99 Å². The van der Waals surface area contributed by atoms with E-state index in [1.165, 1.54) is 11.1 Å². The summed E-state index contributed by atoms with van der Waals surface area (Å²) in [6.07, 6.45) is 0. The molecule has 0 aromatic heterocycles. The molecule has 0 bridgehead atoms. The summed E-state index contributed by atoms with van der Waals surface area (Å²) >= 11 is 0. The standard InChI is InChI=1S/C15H25N3O2.HI/c1-4-20-12-14-7-5-13(6-8-14)11-18-15(16-2)17-9-10-19-3;/h5-8H,4,9-12H2,1-3H3,(H2,16,17,18);1H. The Morgan fingerprint density at radius 3 is 2.38 bits per heavy atom. The Kier molecular flexibility index (Phi) is 12.3. The van der Waals surface area contributed by atoms with Gasteiger partial charge in [0.1, 0.15) is 0 Å². The van der Waals surface area contributed by atoms with Crippen LogP contribution in [0.25, 0.3) is 0 Å². The smallest absolute Gasteiger partial charge is 0.191 e. The number of rotatable bonds is 8. The van der Waals surface area contributed by atoms with Crippen LogP contribution in [0.15, 0.2) is 29.3 Å². The lowest BCUT2D eigenvalue weighted by Crippen LogP contribution is -2.38. The Morgan fingerprint density at radius 1 is 1.14 bits per heavy atom. The van der Waals surface area contributed by atoms with Crippen LogP contribution in [0.1, 0.15) is 18.1 Å². The van der Waals surface area contributed by atoms with Crippen molar-refractivity contribution in [3.8, 4) is 0 Å². The van der Waals surface area contributed by atoms with Crippen LogP contribution >= 0.6 is 24.0 Å². The molecule has 21 heavy (non-hydrogen) atoms. The molecule has 0 heterocycles. The molecule has 0 aliphatic carbocycles. The monoisotopic (exact) mass is 407 g/mol. The Balaban J connectivity index is 0.00000400. The van der Waals surface area contributed by atoms with E-state index < -0.39 is 0 Å². The highest BCUT2D eigenvalue weighted by Gasteiger charge is 1.98. The average molecular weight is 407 g/mol. The van der Waals surface area contributed by atoms with Crippen LogP contribution in [0.2, 0.25) is 0 Å². The van der Waals surface area contributed by atoms with Crippen LogP contribution in [0.3, 0.4) is 0 Å². The molecule has 6 heteroatoms. The third kappa shape index (κ3) is 8.90. The molecule has 2 N–H and O–H groups in total. The molecule has 0 aliphatic rings. The Morgan fingerprint density at radius 2 is 1.81 bits per heavy atom. The topological polar surface area (TPSA) is 54.9 Å². The Hall–Kier alpha value is -0.860. The van der Waals surface area contributed by atoms with Gasteiger partial charge in [-0.2, -0.15) is 0 Å². The highest BCUT2D eigenvalue weighted by molar-refractivity contribution is 14.0. The van der Waals surface area contributed by atoms with Crippen LogP contribution in [0.5, 0.6) is 0 Å². The molecule has 0 saturated heterocycles. The van der Waals surface area contributed by atoms with Gasteiger partial charge in [-0.15, -0.1) is 24.0 Å². The van der Waals surface area contributed by atoms with Crippen LogP contribution < -0.4 is 10.6 Å². The number of ether oxygens (including phenoxy) is 2. The number of guanidine groups is 1. The molecule has 5 nitrogen and oxygen atoms in total. The van der Waals surface area contributed by atoms with E-state index in [4.69, 9.17) is 9.47 Å². The molecule has 0 unspecified atom stereocenters. The minimum Gasteiger partial charge on any atom is -0.383 e. The number of hydrogen-bond donors (Lipinski definition) is 2. The first-order valence-electron chi connectivity index (χ1n) is 6.89. The first-order valence-corrected chi connectivity index (χ1v) is 6.89. The van der Waals surface area contributed by atoms with Crippen molar-refractivity contribution in [2.45, 2.75) is 20.1 Å². The zero-order chi connectivity index (χ0) is 14.6. The number of nitrogens with zero attached hydrogens (tertiary/aromatic N) is 1. The summed E-state index contributed by atoms with van der Waals surface area (Å²) in [7, 11) is 3.44. The molecule has 1 rings (SSSR count). The zero-order valence-electron chi connectivity index (χ0n) is 13.0. The number of hydrogen-bond acceptors (Lipinski definition) is 3. The summed E-state index contributed by atoms with van der Waals surface area (Å²) in [4.78, 5) is 4.15. The van der Waals surface area contributed by atoms with E-state index in [1.54, 1.807) is 14.2 Å². The summed E-state index contributed by atoms with van der Waals surface area (Å²) in [5.74, 6) is 0.778. The van der Waals surface area contributed by atoms with Crippen LogP contribution in [-0.4, -0.2) is 39.9 Å². The number of benzene rings is 1. The molecule has 0 atom stereocenters. The maximum absolute atomic E-state index is 5.37. The number of aliphatic imine (C=N–C) groups is 1. The van der Waals surface area contributed by atoms with Gasteiger partial charge in [0.05, 0.1) is 13.2 Å². The van der Waals surface area contributed by atoms with Gasteiger partial charge in [-0.05, 0) is 18.1 Å². The van der Waals surface area contributed by atoms with Gasteiger partial charge in [-0.1, -0.05) is 24.3 Å². The third-order valence-corrected chi connectivity index (χ3v) is 2.78. The molecular formula is C15H26IN3O2. The normalized spacial score (nSPS) is 10.9. The van der Waals surface area contributed by atoms with Crippen molar-refractivity contribution in [1.29, 1.82) is 0 Å². The summed E-state index contributed by atoms with van der Waals surface area (Å²) in [5, 5.41) is 6.43. The van der Waals surface area contributed by atoms with Crippen LogP contribution in [0, 0.1) is 0 Å². The van der Waals surface area contributed by atoms with E-state index in [0.717, 1.165) is 25.7 Å². The second-order valence-electron chi connectivity index (χ2n) is 4.30.